The number of aryl methyl sites for hydroxylation is 2. The minimum Gasteiger partial charge on any atom is -0.509 e. The van der Waals surface area contributed by atoms with Gasteiger partial charge in [0, 0.05) is 59.3 Å². The van der Waals surface area contributed by atoms with E-state index in [1.54, 1.807) is 0 Å². The molecule has 1 fully saturated rings. The van der Waals surface area contributed by atoms with Crippen LogP contribution in [0.15, 0.2) is 11.8 Å². The van der Waals surface area contributed by atoms with Crippen molar-refractivity contribution in [3.63, 3.8) is 0 Å². The van der Waals surface area contributed by atoms with Crippen LogP contribution in [-0.4, -0.2) is 16.6 Å². The fourth-order valence-electron chi connectivity index (χ4n) is 3.31. The molecular formula is C17H19NO2WY-2. The van der Waals surface area contributed by atoms with Crippen LogP contribution >= 0.6 is 0 Å². The zero-order valence-corrected chi connectivity index (χ0v) is 18.7. The van der Waals surface area contributed by atoms with Crippen LogP contribution < -0.4 is 5.32 Å². The van der Waals surface area contributed by atoms with Gasteiger partial charge in [-0.05, 0) is 12.8 Å². The molecule has 1 spiro atoms. The molecule has 1 radical (unpaired) electrons. The molecule has 0 saturated heterocycles. The van der Waals surface area contributed by atoms with Crippen LogP contribution in [0.2, 0.25) is 0 Å². The average molecular weight is 542 g/mol. The number of hydrogen-bond acceptors (Lipinski definition) is 2. The van der Waals surface area contributed by atoms with E-state index in [9.17, 15) is 9.90 Å². The minimum atomic E-state index is -0.529. The van der Waals surface area contributed by atoms with E-state index in [4.69, 9.17) is 0 Å². The molecule has 0 atom stereocenters. The van der Waals surface area contributed by atoms with Gasteiger partial charge in [-0.3, -0.25) is 22.0 Å². The smallest absolute Gasteiger partial charge is 0.252 e. The summed E-state index contributed by atoms with van der Waals surface area (Å²) in [7, 11) is 0. The molecular weight excluding hydrogens is 523 g/mol. The van der Waals surface area contributed by atoms with Gasteiger partial charge < -0.3 is 22.6 Å². The van der Waals surface area contributed by atoms with Crippen LogP contribution in [0.5, 0.6) is 0 Å². The first-order chi connectivity index (χ1) is 9.53. The number of rotatable bonds is 1. The van der Waals surface area contributed by atoms with E-state index in [-0.39, 0.29) is 65.4 Å². The second kappa shape index (κ2) is 7.73. The third kappa shape index (κ3) is 3.42. The van der Waals surface area contributed by atoms with Gasteiger partial charge in [0.25, 0.3) is 5.91 Å². The summed E-state index contributed by atoms with van der Waals surface area (Å²) in [5.74, 6) is 0.0431. The van der Waals surface area contributed by atoms with E-state index in [2.05, 4.69) is 17.4 Å². The monoisotopic (exact) mass is 542 g/mol. The Bertz CT molecular complexity index is 607. The maximum Gasteiger partial charge on any atom is 0.252 e. The fourth-order valence-corrected chi connectivity index (χ4v) is 3.31. The molecule has 1 heterocycles. The van der Waals surface area contributed by atoms with Crippen molar-refractivity contribution in [2.24, 2.45) is 0 Å². The molecule has 0 aromatic heterocycles. The molecule has 115 valence electrons. The molecule has 1 amide bonds. The normalized spacial score (nSPS) is 19.5. The van der Waals surface area contributed by atoms with Gasteiger partial charge in [0.15, 0.2) is 0 Å². The first-order valence-corrected chi connectivity index (χ1v) is 7.21. The Kier molecular flexibility index (Phi) is 7.05. The van der Waals surface area contributed by atoms with Gasteiger partial charge in [0.2, 0.25) is 0 Å². The quantitative estimate of drug-likeness (QED) is 0.537. The molecule has 0 bridgehead atoms. The Morgan fingerprint density at radius 2 is 1.86 bits per heavy atom. The van der Waals surface area contributed by atoms with E-state index >= 15 is 0 Å². The van der Waals surface area contributed by atoms with Crippen molar-refractivity contribution in [2.45, 2.75) is 51.5 Å². The number of aliphatic hydroxyl groups is 1. The van der Waals surface area contributed by atoms with Crippen molar-refractivity contribution in [2.75, 3.05) is 0 Å². The van der Waals surface area contributed by atoms with Crippen molar-refractivity contribution < 1.29 is 63.7 Å². The molecule has 2 aliphatic rings. The van der Waals surface area contributed by atoms with Crippen molar-refractivity contribution in [3.8, 4) is 0 Å². The van der Waals surface area contributed by atoms with Gasteiger partial charge in [0.1, 0.15) is 5.76 Å². The van der Waals surface area contributed by atoms with E-state index < -0.39 is 5.54 Å². The molecule has 1 aromatic rings. The van der Waals surface area contributed by atoms with Gasteiger partial charge >= 0.3 is 0 Å². The molecule has 3 rings (SSSR count). The number of carbonyl (C=O) groups excluding carboxylic acids is 1. The number of nitrogens with one attached hydrogen (secondary N) is 1. The second-order valence-corrected chi connectivity index (χ2v) is 5.92. The van der Waals surface area contributed by atoms with Crippen LogP contribution in [0.3, 0.4) is 0 Å². The Morgan fingerprint density at radius 3 is 2.50 bits per heavy atom. The predicted octanol–water partition coefficient (Wildman–Crippen LogP) is 3.00. The van der Waals surface area contributed by atoms with Gasteiger partial charge in [-0.25, -0.2) is 5.56 Å². The second-order valence-electron chi connectivity index (χ2n) is 5.92. The zero-order valence-electron chi connectivity index (χ0n) is 13.0. The average Bonchev–Trinajstić information content (AvgIpc) is 2.65. The summed E-state index contributed by atoms with van der Waals surface area (Å²) in [6.45, 7) is 3.81. The van der Waals surface area contributed by atoms with Crippen LogP contribution in [0.4, 0.5) is 0 Å². The Labute approximate surface area is 171 Å². The summed E-state index contributed by atoms with van der Waals surface area (Å²) in [6.07, 6.45) is 4.91. The number of carbonyl (C=O) groups is 1. The largest absolute Gasteiger partial charge is 0.509 e. The molecule has 0 unspecified atom stereocenters. The fraction of sp³-hybridized carbons (Fsp3) is 0.471. The predicted molar refractivity (Wildman–Crippen MR) is 77.1 cm³/mol. The molecule has 22 heavy (non-hydrogen) atoms. The van der Waals surface area contributed by atoms with Crippen LogP contribution in [-0.2, 0) is 58.6 Å². The number of benzene rings is 1. The van der Waals surface area contributed by atoms with E-state index in [0.29, 0.717) is 11.1 Å². The van der Waals surface area contributed by atoms with Gasteiger partial charge in [-0.15, -0.1) is 6.92 Å². The van der Waals surface area contributed by atoms with E-state index in [1.165, 1.54) is 6.42 Å². The summed E-state index contributed by atoms with van der Waals surface area (Å²) >= 11 is 0. The first kappa shape index (κ1) is 20.1. The molecule has 5 heteroatoms. The SMILES string of the molecule is Cc1[c-]cc(C)c(C2=C(O)C3(CCCCC3)NC2=O)[c-]1.[W].[Y]. The van der Waals surface area contributed by atoms with Crippen molar-refractivity contribution >= 4 is 11.5 Å². The maximum atomic E-state index is 12.4. The first-order valence-electron chi connectivity index (χ1n) is 7.21. The molecule has 1 aliphatic heterocycles. The Balaban J connectivity index is 0.00000121. The van der Waals surface area contributed by atoms with Crippen molar-refractivity contribution in [1.29, 1.82) is 0 Å². The molecule has 1 aliphatic carbocycles. The Hall–Kier alpha value is 0.0222. The summed E-state index contributed by atoms with van der Waals surface area (Å²) in [5, 5.41) is 13.7. The van der Waals surface area contributed by atoms with Crippen LogP contribution in [0.25, 0.3) is 5.57 Å². The molecule has 1 aromatic carbocycles. The van der Waals surface area contributed by atoms with Crippen molar-refractivity contribution in [3.05, 3.63) is 40.6 Å². The third-order valence-electron chi connectivity index (χ3n) is 4.44. The van der Waals surface area contributed by atoms with Gasteiger partial charge in [0.05, 0.1) is 5.54 Å². The number of aliphatic hydroxyl groups excluding tert-OH is 1. The Morgan fingerprint density at radius 1 is 1.23 bits per heavy atom. The van der Waals surface area contributed by atoms with E-state index in [1.807, 2.05) is 19.9 Å². The van der Waals surface area contributed by atoms with E-state index in [0.717, 1.165) is 36.8 Å². The van der Waals surface area contributed by atoms with Crippen LogP contribution in [0.1, 0.15) is 48.8 Å². The third-order valence-corrected chi connectivity index (χ3v) is 4.44. The minimum absolute atomic E-state index is 0. The molecule has 2 N–H and O–H groups in total. The standard InChI is InChI=1S/C17H19NO2.W.Y/c1-11-6-7-12(2)13(10-11)14-15(19)17(18-16(14)20)8-4-3-5-9-17;;/h7,19H,3-5,8-9H2,1-2H3,(H,18,20);;/q-2;;. The van der Waals surface area contributed by atoms with Gasteiger partial charge in [-0.2, -0.15) is 0 Å². The van der Waals surface area contributed by atoms with Crippen LogP contribution in [0, 0.1) is 26.0 Å². The zero-order chi connectivity index (χ0) is 14.3. The summed E-state index contributed by atoms with van der Waals surface area (Å²) in [4.78, 5) is 12.4. The van der Waals surface area contributed by atoms with Crippen molar-refractivity contribution in [1.82, 2.24) is 5.32 Å². The summed E-state index contributed by atoms with van der Waals surface area (Å²) in [5.41, 5.74) is 2.35. The maximum absolute atomic E-state index is 12.4. The summed E-state index contributed by atoms with van der Waals surface area (Å²) < 4.78 is 0. The number of amides is 1. The number of hydrogen-bond donors (Lipinski definition) is 2. The van der Waals surface area contributed by atoms with Gasteiger partial charge in [-0.1, -0.05) is 26.2 Å². The molecule has 3 nitrogen and oxygen atoms in total. The summed E-state index contributed by atoms with van der Waals surface area (Å²) in [6, 6.07) is 8.09. The molecule has 1 saturated carbocycles. The topological polar surface area (TPSA) is 49.3 Å².